The molecule has 3 rings (SSSR count). The Hall–Kier alpha value is -2.90. The molecule has 1 fully saturated rings. The number of hydrogen-bond acceptors (Lipinski definition) is 2. The molecule has 2 N–H and O–H groups in total. The topological polar surface area (TPSA) is 62.0 Å². The molecule has 31 heavy (non-hydrogen) atoms. The summed E-state index contributed by atoms with van der Waals surface area (Å²) in [6, 6.07) is 2.22. The number of halogens is 4. The Labute approximate surface area is 177 Å². The molecule has 0 saturated heterocycles. The van der Waals surface area contributed by atoms with E-state index in [4.69, 9.17) is 0 Å². The van der Waals surface area contributed by atoms with E-state index in [9.17, 15) is 27.2 Å². The van der Waals surface area contributed by atoms with Crippen LogP contribution in [0.4, 0.5) is 17.6 Å². The van der Waals surface area contributed by atoms with Crippen LogP contribution in [-0.2, 0) is 6.18 Å². The third-order valence-corrected chi connectivity index (χ3v) is 5.60. The Balaban J connectivity index is 1.75. The smallest absolute Gasteiger partial charge is 0.358 e. The first kappa shape index (κ1) is 22.8. The third-order valence-electron chi connectivity index (χ3n) is 5.60. The monoisotopic (exact) mass is 436 g/mol. The molecule has 1 heterocycles. The summed E-state index contributed by atoms with van der Waals surface area (Å²) in [5.74, 6) is -2.32. The second-order valence-corrected chi connectivity index (χ2v) is 7.86. The van der Waals surface area contributed by atoms with Crippen LogP contribution in [0.2, 0.25) is 0 Å². The van der Waals surface area contributed by atoms with Gasteiger partial charge < -0.3 is 10.3 Å². The van der Waals surface area contributed by atoms with Crippen LogP contribution in [0.3, 0.4) is 0 Å². The highest BCUT2D eigenvalue weighted by Crippen LogP contribution is 2.31. The van der Waals surface area contributed by atoms with Gasteiger partial charge in [0.15, 0.2) is 5.78 Å². The highest BCUT2D eigenvalue weighted by Gasteiger charge is 2.34. The van der Waals surface area contributed by atoms with E-state index in [0.717, 1.165) is 37.8 Å². The summed E-state index contributed by atoms with van der Waals surface area (Å²) < 4.78 is 51.7. The summed E-state index contributed by atoms with van der Waals surface area (Å²) in [5, 5.41) is 3.06. The quantitative estimate of drug-likeness (QED) is 0.356. The second-order valence-electron chi connectivity index (χ2n) is 7.86. The molecule has 166 valence electrons. The van der Waals surface area contributed by atoms with Gasteiger partial charge in [-0.25, -0.2) is 4.39 Å². The molecular formula is C23H24F4N2O2. The van der Waals surface area contributed by atoms with Gasteiger partial charge in [0.05, 0.1) is 11.1 Å². The summed E-state index contributed by atoms with van der Waals surface area (Å²) in [6.07, 6.45) is 3.04. The van der Waals surface area contributed by atoms with Gasteiger partial charge in [-0.05, 0) is 56.5 Å². The average molecular weight is 436 g/mol. The fraction of sp³-hybridized carbons (Fsp3) is 0.391. The fourth-order valence-corrected chi connectivity index (χ4v) is 3.94. The highest BCUT2D eigenvalue weighted by molar-refractivity contribution is 6.07. The van der Waals surface area contributed by atoms with Crippen LogP contribution in [0.15, 0.2) is 24.3 Å². The van der Waals surface area contributed by atoms with Crippen molar-refractivity contribution in [2.75, 3.05) is 0 Å². The van der Waals surface area contributed by atoms with Crippen LogP contribution in [0.5, 0.6) is 0 Å². The predicted molar refractivity (Wildman–Crippen MR) is 109 cm³/mol. The number of ketones is 1. The van der Waals surface area contributed by atoms with E-state index in [0.29, 0.717) is 34.6 Å². The summed E-state index contributed by atoms with van der Waals surface area (Å²) >= 11 is 0. The van der Waals surface area contributed by atoms with Crippen LogP contribution in [0.1, 0.15) is 75.3 Å². The molecule has 1 amide bonds. The van der Waals surface area contributed by atoms with E-state index in [2.05, 4.69) is 10.3 Å². The van der Waals surface area contributed by atoms with Crippen molar-refractivity contribution in [3.63, 3.8) is 0 Å². The first-order valence-corrected chi connectivity index (χ1v) is 10.2. The highest BCUT2D eigenvalue weighted by atomic mass is 19.4. The largest absolute Gasteiger partial charge is 0.419 e. The van der Waals surface area contributed by atoms with Crippen LogP contribution >= 0.6 is 0 Å². The van der Waals surface area contributed by atoms with E-state index >= 15 is 0 Å². The lowest BCUT2D eigenvalue weighted by atomic mass is 9.95. The van der Waals surface area contributed by atoms with Crippen molar-refractivity contribution in [1.82, 2.24) is 10.3 Å². The maximum atomic E-state index is 13.7. The standard InChI is InChI=1S/C23H24F4N2O2/c1-13-19(28-14(2)21(13)22(31)29-16-6-4-3-5-7-16)10-11-20(30)15-8-9-17(18(24)12-15)23(25,26)27/h8-12,16,28H,3-7H2,1-2H3,(H,29,31)/b11-10+. The van der Waals surface area contributed by atoms with Gasteiger partial charge in [-0.15, -0.1) is 0 Å². The molecule has 0 unspecified atom stereocenters. The molecule has 0 spiro atoms. The number of benzene rings is 1. The molecule has 1 aliphatic carbocycles. The van der Waals surface area contributed by atoms with Crippen molar-refractivity contribution in [2.45, 2.75) is 58.2 Å². The van der Waals surface area contributed by atoms with Crippen molar-refractivity contribution in [3.8, 4) is 0 Å². The number of carbonyl (C=O) groups is 2. The fourth-order valence-electron chi connectivity index (χ4n) is 3.94. The Morgan fingerprint density at radius 3 is 2.42 bits per heavy atom. The van der Waals surface area contributed by atoms with Crippen LogP contribution in [-0.4, -0.2) is 22.7 Å². The molecule has 1 saturated carbocycles. The normalized spacial score (nSPS) is 15.4. The number of rotatable bonds is 5. The molecule has 1 aliphatic rings. The number of hydrogen-bond donors (Lipinski definition) is 2. The van der Waals surface area contributed by atoms with Gasteiger partial charge >= 0.3 is 6.18 Å². The summed E-state index contributed by atoms with van der Waals surface area (Å²) in [6.45, 7) is 3.51. The maximum absolute atomic E-state index is 13.7. The molecule has 1 aromatic carbocycles. The minimum Gasteiger partial charge on any atom is -0.358 e. The van der Waals surface area contributed by atoms with Crippen molar-refractivity contribution in [2.24, 2.45) is 0 Å². The van der Waals surface area contributed by atoms with Gasteiger partial charge in [-0.1, -0.05) is 25.3 Å². The zero-order valence-corrected chi connectivity index (χ0v) is 17.3. The zero-order valence-electron chi connectivity index (χ0n) is 17.3. The van der Waals surface area contributed by atoms with Gasteiger partial charge in [-0.2, -0.15) is 13.2 Å². The van der Waals surface area contributed by atoms with Gasteiger partial charge in [-0.3, -0.25) is 9.59 Å². The summed E-state index contributed by atoms with van der Waals surface area (Å²) in [4.78, 5) is 28.1. The van der Waals surface area contributed by atoms with Gasteiger partial charge in [0, 0.05) is 23.0 Å². The number of amides is 1. The van der Waals surface area contributed by atoms with Gasteiger partial charge in [0.1, 0.15) is 5.82 Å². The summed E-state index contributed by atoms with van der Waals surface area (Å²) in [7, 11) is 0. The van der Waals surface area contributed by atoms with E-state index in [1.807, 2.05) is 0 Å². The number of carbonyl (C=O) groups excluding carboxylic acids is 2. The lowest BCUT2D eigenvalue weighted by Gasteiger charge is -2.22. The van der Waals surface area contributed by atoms with Crippen molar-refractivity contribution in [3.05, 3.63) is 63.7 Å². The zero-order chi connectivity index (χ0) is 22.8. The second kappa shape index (κ2) is 9.08. The van der Waals surface area contributed by atoms with Crippen LogP contribution in [0.25, 0.3) is 6.08 Å². The molecule has 2 aromatic rings. The first-order valence-electron chi connectivity index (χ1n) is 10.2. The number of H-pyrrole nitrogens is 1. The Kier molecular flexibility index (Phi) is 6.67. The number of aromatic amines is 1. The van der Waals surface area contributed by atoms with E-state index in [-0.39, 0.29) is 17.5 Å². The number of alkyl halides is 3. The van der Waals surface area contributed by atoms with Gasteiger partial charge in [0.25, 0.3) is 5.91 Å². The number of nitrogens with one attached hydrogen (secondary N) is 2. The van der Waals surface area contributed by atoms with E-state index < -0.39 is 23.3 Å². The number of allylic oxidation sites excluding steroid dienone is 1. The maximum Gasteiger partial charge on any atom is 0.419 e. The third kappa shape index (κ3) is 5.24. The number of aryl methyl sites for hydroxylation is 1. The van der Waals surface area contributed by atoms with E-state index in [1.54, 1.807) is 13.8 Å². The SMILES string of the molecule is Cc1[nH]c(/C=C/C(=O)c2ccc(C(F)(F)F)c(F)c2)c(C)c1C(=O)NC1CCCCC1. The first-order chi connectivity index (χ1) is 14.6. The Morgan fingerprint density at radius 2 is 1.81 bits per heavy atom. The molecule has 8 heteroatoms. The van der Waals surface area contributed by atoms with E-state index in [1.165, 1.54) is 12.5 Å². The molecule has 0 aliphatic heterocycles. The Morgan fingerprint density at radius 1 is 1.13 bits per heavy atom. The van der Waals surface area contributed by atoms with Crippen molar-refractivity contribution in [1.29, 1.82) is 0 Å². The molecule has 4 nitrogen and oxygen atoms in total. The lowest BCUT2D eigenvalue weighted by molar-refractivity contribution is -0.140. The molecule has 0 radical (unpaired) electrons. The summed E-state index contributed by atoms with van der Waals surface area (Å²) in [5.41, 5.74) is 0.743. The Bertz CT molecular complexity index is 1020. The number of aromatic nitrogens is 1. The minimum absolute atomic E-state index is 0.157. The van der Waals surface area contributed by atoms with Crippen LogP contribution < -0.4 is 5.32 Å². The van der Waals surface area contributed by atoms with Crippen molar-refractivity contribution >= 4 is 17.8 Å². The van der Waals surface area contributed by atoms with Crippen LogP contribution in [0, 0.1) is 19.7 Å². The molecule has 0 bridgehead atoms. The lowest BCUT2D eigenvalue weighted by Crippen LogP contribution is -2.36. The van der Waals surface area contributed by atoms with Crippen molar-refractivity contribution < 1.29 is 27.2 Å². The molecule has 1 aromatic heterocycles. The molecule has 0 atom stereocenters. The average Bonchev–Trinajstić information content (AvgIpc) is 2.99. The minimum atomic E-state index is -4.82. The predicted octanol–water partition coefficient (Wildman–Crippen LogP) is 5.75. The molecular weight excluding hydrogens is 412 g/mol. The van der Waals surface area contributed by atoms with Gasteiger partial charge in [0.2, 0.25) is 0 Å².